The third-order valence-corrected chi connectivity index (χ3v) is 6.79. The summed E-state index contributed by atoms with van der Waals surface area (Å²) in [4.78, 5) is 0. The third kappa shape index (κ3) is 2.72. The molecular weight excluding hydrogens is 352 g/mol. The van der Waals surface area contributed by atoms with E-state index in [1.54, 1.807) is 0 Å². The predicted molar refractivity (Wildman–Crippen MR) is 120 cm³/mol. The van der Waals surface area contributed by atoms with Crippen LogP contribution in [0.5, 0.6) is 0 Å². The molecule has 2 heterocycles. The van der Waals surface area contributed by atoms with Crippen molar-refractivity contribution in [1.82, 2.24) is 4.57 Å². The minimum absolute atomic E-state index is 0.0990. The highest BCUT2D eigenvalue weighted by Gasteiger charge is 2.48. The van der Waals surface area contributed by atoms with Crippen LogP contribution in [-0.4, -0.2) is 4.57 Å². The number of fused-ring (bicyclic) bond motifs is 3. The van der Waals surface area contributed by atoms with Gasteiger partial charge in [0.05, 0.1) is 6.79 Å². The van der Waals surface area contributed by atoms with Crippen LogP contribution < -0.4 is 4.57 Å². The van der Waals surface area contributed by atoms with Gasteiger partial charge in [-0.15, -0.1) is 0 Å². The van der Waals surface area contributed by atoms with Crippen LogP contribution in [0.15, 0.2) is 48.5 Å². The molecule has 0 radical (unpaired) electrons. The van der Waals surface area contributed by atoms with Gasteiger partial charge in [-0.25, -0.2) is 4.57 Å². The molecule has 2 aromatic carbocycles. The molecule has 2 aliphatic rings. The zero-order chi connectivity index (χ0) is 21.3. The molecule has 0 spiro atoms. The van der Waals surface area contributed by atoms with Crippen molar-refractivity contribution in [3.05, 3.63) is 71.2 Å². The fraction of sp³-hybridized carbons (Fsp3) is 0.444. The van der Waals surface area contributed by atoms with Gasteiger partial charge in [0.15, 0.2) is 11.4 Å². The molecule has 0 amide bonds. The lowest BCUT2D eigenvalue weighted by atomic mass is 9.89. The molecule has 1 atom stereocenters. The van der Waals surface area contributed by atoms with Crippen LogP contribution in [0.1, 0.15) is 76.5 Å². The van der Waals surface area contributed by atoms with Crippen molar-refractivity contribution in [2.24, 2.45) is 5.92 Å². The van der Waals surface area contributed by atoms with Crippen molar-refractivity contribution in [2.45, 2.75) is 71.7 Å². The SMILES string of the molecule is [2H]C1(C2CCCC2)c2ccccc2-c2c(C)n(-c3ccccc3C)c(C(C)(C)C)[n+]21. The Morgan fingerprint density at radius 2 is 1.62 bits per heavy atom. The summed E-state index contributed by atoms with van der Waals surface area (Å²) in [7, 11) is 0. The molecule has 1 saturated carbocycles. The Balaban J connectivity index is 1.92. The van der Waals surface area contributed by atoms with Crippen molar-refractivity contribution in [1.29, 1.82) is 0 Å². The molecule has 150 valence electrons. The van der Waals surface area contributed by atoms with Crippen molar-refractivity contribution in [2.75, 3.05) is 0 Å². The number of aryl methyl sites for hydroxylation is 1. The van der Waals surface area contributed by atoms with Crippen LogP contribution in [0.4, 0.5) is 0 Å². The van der Waals surface area contributed by atoms with Gasteiger partial charge in [0, 0.05) is 24.0 Å². The second kappa shape index (κ2) is 6.58. The lowest BCUT2D eigenvalue weighted by Crippen LogP contribution is -2.48. The zero-order valence-corrected chi connectivity index (χ0v) is 18.4. The van der Waals surface area contributed by atoms with E-state index < -0.39 is 6.02 Å². The van der Waals surface area contributed by atoms with Crippen molar-refractivity contribution in [3.8, 4) is 16.9 Å². The minimum atomic E-state index is -0.732. The van der Waals surface area contributed by atoms with E-state index in [0.717, 1.165) is 12.8 Å². The Hall–Kier alpha value is -2.35. The molecule has 3 aromatic rings. The predicted octanol–water partition coefficient (Wildman–Crippen LogP) is 6.44. The first-order valence-electron chi connectivity index (χ1n) is 11.6. The van der Waals surface area contributed by atoms with Crippen LogP contribution in [0.25, 0.3) is 16.9 Å². The Labute approximate surface area is 176 Å². The maximum Gasteiger partial charge on any atom is 0.268 e. The summed E-state index contributed by atoms with van der Waals surface area (Å²) < 4.78 is 14.9. The van der Waals surface area contributed by atoms with E-state index in [1.165, 1.54) is 52.4 Å². The first-order valence-corrected chi connectivity index (χ1v) is 11.1. The summed E-state index contributed by atoms with van der Waals surface area (Å²) in [5, 5.41) is 0. The number of rotatable bonds is 2. The fourth-order valence-corrected chi connectivity index (χ4v) is 5.60. The van der Waals surface area contributed by atoms with Crippen molar-refractivity contribution >= 4 is 0 Å². The quantitative estimate of drug-likeness (QED) is 0.448. The monoisotopic (exact) mass is 386 g/mol. The number of imidazole rings is 1. The Bertz CT molecular complexity index is 1130. The number of benzene rings is 2. The fourth-order valence-electron chi connectivity index (χ4n) is 5.60. The Kier molecular flexibility index (Phi) is 3.97. The topological polar surface area (TPSA) is 8.81 Å². The average Bonchev–Trinajstić information content (AvgIpc) is 3.39. The number of nitrogens with zero attached hydrogens (tertiary/aromatic N) is 2. The normalized spacial score (nSPS) is 21.9. The summed E-state index contributed by atoms with van der Waals surface area (Å²) in [6.45, 7) is 11.3. The summed E-state index contributed by atoms with van der Waals surface area (Å²) >= 11 is 0. The highest BCUT2D eigenvalue weighted by atomic mass is 15.2. The molecule has 1 unspecified atom stereocenters. The van der Waals surface area contributed by atoms with E-state index in [1.807, 2.05) is 0 Å². The van der Waals surface area contributed by atoms with Gasteiger partial charge in [0.2, 0.25) is 0 Å². The first-order chi connectivity index (χ1) is 14.3. The van der Waals surface area contributed by atoms with Crippen molar-refractivity contribution < 1.29 is 5.94 Å². The van der Waals surface area contributed by atoms with E-state index >= 15 is 0 Å². The number of hydrogen-bond acceptors (Lipinski definition) is 0. The van der Waals surface area contributed by atoms with Crippen LogP contribution in [0.2, 0.25) is 0 Å². The highest BCUT2D eigenvalue weighted by molar-refractivity contribution is 5.68. The molecule has 1 aliphatic heterocycles. The Morgan fingerprint density at radius 3 is 2.31 bits per heavy atom. The van der Waals surface area contributed by atoms with E-state index in [-0.39, 0.29) is 5.41 Å². The molecular formula is C27H33N2+. The summed E-state index contributed by atoms with van der Waals surface area (Å²) in [6.07, 6.45) is 4.77. The molecule has 2 heteroatoms. The van der Waals surface area contributed by atoms with Crippen LogP contribution in [-0.2, 0) is 5.41 Å². The lowest BCUT2D eigenvalue weighted by Gasteiger charge is -2.24. The summed E-state index contributed by atoms with van der Waals surface area (Å²) in [5.74, 6) is 1.60. The zero-order valence-electron chi connectivity index (χ0n) is 19.4. The summed E-state index contributed by atoms with van der Waals surface area (Å²) in [6, 6.07) is 16.6. The lowest BCUT2D eigenvalue weighted by molar-refractivity contribution is -0.714. The maximum atomic E-state index is 10.0. The second-order valence-corrected chi connectivity index (χ2v) is 9.88. The average molecular weight is 387 g/mol. The molecule has 0 N–H and O–H groups in total. The maximum absolute atomic E-state index is 10.0. The molecule has 1 aliphatic carbocycles. The van der Waals surface area contributed by atoms with Gasteiger partial charge in [-0.3, -0.25) is 0 Å². The number of aromatic nitrogens is 2. The van der Waals surface area contributed by atoms with E-state index in [2.05, 4.69) is 92.3 Å². The van der Waals surface area contributed by atoms with Crippen LogP contribution in [0.3, 0.4) is 0 Å². The molecule has 5 rings (SSSR count). The largest absolute Gasteiger partial charge is 0.268 e. The molecule has 0 saturated heterocycles. The highest BCUT2D eigenvalue weighted by Crippen LogP contribution is 2.46. The first kappa shape index (κ1) is 17.5. The van der Waals surface area contributed by atoms with Gasteiger partial charge in [-0.05, 0) is 52.2 Å². The van der Waals surface area contributed by atoms with Gasteiger partial charge >= 0.3 is 0 Å². The second-order valence-electron chi connectivity index (χ2n) is 9.88. The van der Waals surface area contributed by atoms with Gasteiger partial charge in [-0.1, -0.05) is 55.3 Å². The van der Waals surface area contributed by atoms with E-state index in [4.69, 9.17) is 0 Å². The minimum Gasteiger partial charge on any atom is -0.219 e. The molecule has 29 heavy (non-hydrogen) atoms. The third-order valence-electron chi connectivity index (χ3n) is 6.79. The van der Waals surface area contributed by atoms with Crippen molar-refractivity contribution in [3.63, 3.8) is 0 Å². The molecule has 2 nitrogen and oxygen atoms in total. The number of hydrogen-bond donors (Lipinski definition) is 0. The molecule has 1 fully saturated rings. The van der Waals surface area contributed by atoms with Crippen LogP contribution >= 0.6 is 0 Å². The van der Waals surface area contributed by atoms with Gasteiger partial charge < -0.3 is 0 Å². The van der Waals surface area contributed by atoms with Gasteiger partial charge in [0.25, 0.3) is 5.82 Å². The summed E-state index contributed by atoms with van der Waals surface area (Å²) in [5.41, 5.74) is 7.32. The van der Waals surface area contributed by atoms with E-state index in [9.17, 15) is 1.37 Å². The van der Waals surface area contributed by atoms with Crippen LogP contribution in [0, 0.1) is 19.8 Å². The van der Waals surface area contributed by atoms with E-state index in [0.29, 0.717) is 5.92 Å². The number of para-hydroxylation sites is 1. The Morgan fingerprint density at radius 1 is 0.966 bits per heavy atom. The van der Waals surface area contributed by atoms with Gasteiger partial charge in [-0.2, -0.15) is 4.57 Å². The smallest absolute Gasteiger partial charge is 0.219 e. The molecule has 0 bridgehead atoms. The van der Waals surface area contributed by atoms with Gasteiger partial charge in [0.1, 0.15) is 11.7 Å². The standard InChI is InChI=1S/C27H33N2/c1-18-12-6-11-17-23(18)28-19(2)24-21-15-9-10-16-22(21)25(20-13-7-8-14-20)29(24)26(28)27(3,4)5/h6,9-12,15-17,20,25H,7-8,13-14H2,1-5H3/q+1/i25D. The molecule has 1 aromatic heterocycles.